The Kier molecular flexibility index (Phi) is 3.24. The number of pyridine rings is 1. The van der Waals surface area contributed by atoms with Crippen LogP contribution in [0.25, 0.3) is 0 Å². The molecule has 6 heteroatoms. The van der Waals surface area contributed by atoms with Gasteiger partial charge in [-0.2, -0.15) is 0 Å². The van der Waals surface area contributed by atoms with Gasteiger partial charge >= 0.3 is 5.69 Å². The standard InChI is InChI=1S/C11H9N3O2S/c12-8-3-1-4-9(7-8)17-11-10(14(15)16)5-2-6-13-11/h1-7H,12H2. The van der Waals surface area contributed by atoms with E-state index in [1.165, 1.54) is 24.0 Å². The third-order valence-electron chi connectivity index (χ3n) is 2.02. The Bertz CT molecular complexity index is 560. The lowest BCUT2D eigenvalue weighted by Gasteiger charge is -2.02. The number of nitrogens with two attached hydrogens (primary N) is 1. The van der Waals surface area contributed by atoms with Crippen LogP contribution in [0.3, 0.4) is 0 Å². The molecule has 2 N–H and O–H groups in total. The minimum Gasteiger partial charge on any atom is -0.399 e. The van der Waals surface area contributed by atoms with Gasteiger partial charge in [0.05, 0.1) is 4.92 Å². The lowest BCUT2D eigenvalue weighted by atomic mass is 10.3. The lowest BCUT2D eigenvalue weighted by Crippen LogP contribution is -1.92. The fourth-order valence-corrected chi connectivity index (χ4v) is 2.22. The quantitative estimate of drug-likeness (QED) is 0.512. The van der Waals surface area contributed by atoms with Crippen LogP contribution in [-0.2, 0) is 0 Å². The van der Waals surface area contributed by atoms with Crippen LogP contribution in [0.15, 0.2) is 52.5 Å². The summed E-state index contributed by atoms with van der Waals surface area (Å²) in [5.74, 6) is 0. The van der Waals surface area contributed by atoms with Crippen molar-refractivity contribution in [1.82, 2.24) is 4.98 Å². The number of aromatic nitrogens is 1. The average Bonchev–Trinajstić information content (AvgIpc) is 2.29. The third kappa shape index (κ3) is 2.73. The van der Waals surface area contributed by atoms with E-state index in [9.17, 15) is 10.1 Å². The third-order valence-corrected chi connectivity index (χ3v) is 3.02. The van der Waals surface area contributed by atoms with Gasteiger partial charge in [-0.15, -0.1) is 0 Å². The van der Waals surface area contributed by atoms with Crippen molar-refractivity contribution in [3.8, 4) is 0 Å². The van der Waals surface area contributed by atoms with Crippen molar-refractivity contribution >= 4 is 23.1 Å². The Morgan fingerprint density at radius 3 is 2.82 bits per heavy atom. The summed E-state index contributed by atoms with van der Waals surface area (Å²) in [5.41, 5.74) is 6.26. The van der Waals surface area contributed by atoms with Crippen molar-refractivity contribution in [2.24, 2.45) is 0 Å². The number of hydrogen-bond donors (Lipinski definition) is 1. The van der Waals surface area contributed by atoms with E-state index in [0.717, 1.165) is 4.90 Å². The average molecular weight is 247 g/mol. The molecule has 0 radical (unpaired) electrons. The van der Waals surface area contributed by atoms with Crippen molar-refractivity contribution < 1.29 is 4.92 Å². The number of nitro groups is 1. The second kappa shape index (κ2) is 4.84. The fourth-order valence-electron chi connectivity index (χ4n) is 1.29. The maximum atomic E-state index is 10.8. The molecule has 0 amide bonds. The van der Waals surface area contributed by atoms with Crippen molar-refractivity contribution in [3.63, 3.8) is 0 Å². The van der Waals surface area contributed by atoms with Crippen LogP contribution in [0, 0.1) is 10.1 Å². The van der Waals surface area contributed by atoms with E-state index in [1.54, 1.807) is 24.3 Å². The molecule has 1 aromatic carbocycles. The molecular weight excluding hydrogens is 238 g/mol. The molecule has 0 fully saturated rings. The van der Waals surface area contributed by atoms with E-state index in [4.69, 9.17) is 5.73 Å². The molecule has 0 unspecified atom stereocenters. The summed E-state index contributed by atoms with van der Waals surface area (Å²) in [6.07, 6.45) is 1.53. The molecule has 0 aliphatic rings. The van der Waals surface area contributed by atoms with Gasteiger partial charge in [0, 0.05) is 22.8 Å². The largest absolute Gasteiger partial charge is 0.399 e. The maximum absolute atomic E-state index is 10.8. The van der Waals surface area contributed by atoms with Gasteiger partial charge in [0.2, 0.25) is 0 Å². The SMILES string of the molecule is Nc1cccc(Sc2ncccc2[N+](=O)[O-])c1. The zero-order valence-corrected chi connectivity index (χ0v) is 9.55. The molecular formula is C11H9N3O2S. The first-order valence-electron chi connectivity index (χ1n) is 4.79. The zero-order chi connectivity index (χ0) is 12.3. The molecule has 0 spiro atoms. The van der Waals surface area contributed by atoms with Crippen LogP contribution < -0.4 is 5.73 Å². The molecule has 17 heavy (non-hydrogen) atoms. The first-order valence-corrected chi connectivity index (χ1v) is 5.61. The van der Waals surface area contributed by atoms with Gasteiger partial charge in [0.25, 0.3) is 0 Å². The van der Waals surface area contributed by atoms with Crippen LogP contribution in [0.4, 0.5) is 11.4 Å². The smallest absolute Gasteiger partial charge is 0.301 e. The number of nitrogens with zero attached hydrogens (tertiary/aromatic N) is 2. The highest BCUT2D eigenvalue weighted by atomic mass is 32.2. The first kappa shape index (κ1) is 11.4. The van der Waals surface area contributed by atoms with Crippen molar-refractivity contribution in [2.45, 2.75) is 9.92 Å². The van der Waals surface area contributed by atoms with E-state index in [2.05, 4.69) is 4.98 Å². The second-order valence-electron chi connectivity index (χ2n) is 3.26. The highest BCUT2D eigenvalue weighted by Gasteiger charge is 2.15. The summed E-state index contributed by atoms with van der Waals surface area (Å²) < 4.78 is 0. The van der Waals surface area contributed by atoms with Gasteiger partial charge < -0.3 is 5.73 Å². The molecule has 0 bridgehead atoms. The molecule has 86 valence electrons. The second-order valence-corrected chi connectivity index (χ2v) is 4.32. The molecule has 1 aromatic heterocycles. The molecule has 0 aliphatic carbocycles. The number of nitrogen functional groups attached to an aromatic ring is 1. The van der Waals surface area contributed by atoms with Crippen LogP contribution in [0.5, 0.6) is 0 Å². The van der Waals surface area contributed by atoms with Crippen LogP contribution in [0.2, 0.25) is 0 Å². The summed E-state index contributed by atoms with van der Waals surface area (Å²) in [6.45, 7) is 0. The summed E-state index contributed by atoms with van der Waals surface area (Å²) >= 11 is 1.22. The first-order chi connectivity index (χ1) is 8.16. The zero-order valence-electron chi connectivity index (χ0n) is 8.74. The lowest BCUT2D eigenvalue weighted by molar-refractivity contribution is -0.388. The molecule has 5 nitrogen and oxygen atoms in total. The number of benzene rings is 1. The summed E-state index contributed by atoms with van der Waals surface area (Å²) in [6, 6.07) is 10.1. The summed E-state index contributed by atoms with van der Waals surface area (Å²) in [7, 11) is 0. The monoisotopic (exact) mass is 247 g/mol. The van der Waals surface area contributed by atoms with Crippen molar-refractivity contribution in [1.29, 1.82) is 0 Å². The number of rotatable bonds is 3. The van der Waals surface area contributed by atoms with E-state index >= 15 is 0 Å². The molecule has 0 atom stereocenters. The van der Waals surface area contributed by atoms with E-state index in [-0.39, 0.29) is 5.69 Å². The molecule has 2 rings (SSSR count). The van der Waals surface area contributed by atoms with Gasteiger partial charge in [0.1, 0.15) is 0 Å². The minimum absolute atomic E-state index is 0.0000699. The molecule has 1 heterocycles. The summed E-state index contributed by atoms with van der Waals surface area (Å²) in [5, 5.41) is 11.2. The normalized spacial score (nSPS) is 10.1. The Morgan fingerprint density at radius 1 is 1.29 bits per heavy atom. The van der Waals surface area contributed by atoms with Crippen LogP contribution in [-0.4, -0.2) is 9.91 Å². The highest BCUT2D eigenvalue weighted by Crippen LogP contribution is 2.33. The Labute approximate surface area is 102 Å². The van der Waals surface area contributed by atoms with Crippen LogP contribution >= 0.6 is 11.8 Å². The van der Waals surface area contributed by atoms with Gasteiger partial charge in [-0.3, -0.25) is 10.1 Å². The van der Waals surface area contributed by atoms with E-state index in [0.29, 0.717) is 10.7 Å². The van der Waals surface area contributed by atoms with Gasteiger partial charge in [-0.25, -0.2) is 4.98 Å². The summed E-state index contributed by atoms with van der Waals surface area (Å²) in [4.78, 5) is 15.2. The maximum Gasteiger partial charge on any atom is 0.301 e. The van der Waals surface area contributed by atoms with Crippen LogP contribution in [0.1, 0.15) is 0 Å². The minimum atomic E-state index is -0.443. The topological polar surface area (TPSA) is 82.0 Å². The Hall–Kier alpha value is -2.08. The molecule has 0 aliphatic heterocycles. The molecule has 0 saturated heterocycles. The highest BCUT2D eigenvalue weighted by molar-refractivity contribution is 7.99. The fraction of sp³-hybridized carbons (Fsp3) is 0. The Morgan fingerprint density at radius 2 is 2.12 bits per heavy atom. The van der Waals surface area contributed by atoms with Gasteiger partial charge in [-0.1, -0.05) is 17.8 Å². The number of anilines is 1. The van der Waals surface area contributed by atoms with Gasteiger partial charge in [0.15, 0.2) is 5.03 Å². The van der Waals surface area contributed by atoms with E-state index in [1.807, 2.05) is 6.07 Å². The molecule has 2 aromatic rings. The number of hydrogen-bond acceptors (Lipinski definition) is 5. The predicted molar refractivity (Wildman–Crippen MR) is 65.9 cm³/mol. The van der Waals surface area contributed by atoms with Crippen molar-refractivity contribution in [3.05, 3.63) is 52.7 Å². The van der Waals surface area contributed by atoms with Crippen molar-refractivity contribution in [2.75, 3.05) is 5.73 Å². The van der Waals surface area contributed by atoms with E-state index < -0.39 is 4.92 Å². The predicted octanol–water partition coefficient (Wildman–Crippen LogP) is 2.72. The van der Waals surface area contributed by atoms with Gasteiger partial charge in [-0.05, 0) is 24.3 Å². The molecule has 0 saturated carbocycles. The Balaban J connectivity index is 2.33.